The molecule has 1 saturated carbocycles. The first-order valence-electron chi connectivity index (χ1n) is 8.82. The van der Waals surface area contributed by atoms with Crippen LogP contribution in [0.5, 0.6) is 0 Å². The lowest BCUT2D eigenvalue weighted by Gasteiger charge is -2.34. The number of piperidine rings is 1. The van der Waals surface area contributed by atoms with Gasteiger partial charge in [0.1, 0.15) is 0 Å². The Kier molecular flexibility index (Phi) is 6.24. The van der Waals surface area contributed by atoms with Crippen LogP contribution < -0.4 is 5.73 Å². The maximum absolute atomic E-state index is 12.5. The van der Waals surface area contributed by atoms with Crippen molar-refractivity contribution in [3.8, 4) is 0 Å². The molecule has 22 heavy (non-hydrogen) atoms. The average Bonchev–Trinajstić information content (AvgIpc) is 2.97. The van der Waals surface area contributed by atoms with Crippen molar-refractivity contribution in [2.24, 2.45) is 17.6 Å². The molecule has 2 atom stereocenters. The van der Waals surface area contributed by atoms with Crippen molar-refractivity contribution >= 4 is 11.8 Å². The Bertz CT molecular complexity index is 391. The molecule has 2 rings (SSSR count). The Morgan fingerprint density at radius 1 is 1.14 bits per heavy atom. The molecule has 1 saturated heterocycles. The van der Waals surface area contributed by atoms with Crippen LogP contribution in [-0.2, 0) is 9.59 Å². The molecular formula is C17H31N3O2. The minimum absolute atomic E-state index is 0.0942. The zero-order valence-electron chi connectivity index (χ0n) is 14.1. The highest BCUT2D eigenvalue weighted by molar-refractivity contribution is 5.81. The van der Waals surface area contributed by atoms with Crippen molar-refractivity contribution in [2.45, 2.75) is 57.9 Å². The molecule has 0 aromatic heterocycles. The molecule has 1 heterocycles. The van der Waals surface area contributed by atoms with Gasteiger partial charge in [-0.2, -0.15) is 0 Å². The maximum atomic E-state index is 12.5. The van der Waals surface area contributed by atoms with Crippen molar-refractivity contribution in [2.75, 3.05) is 26.7 Å². The van der Waals surface area contributed by atoms with Crippen LogP contribution in [0.4, 0.5) is 0 Å². The molecular weight excluding hydrogens is 278 g/mol. The highest BCUT2D eigenvalue weighted by Gasteiger charge is 2.34. The quantitative estimate of drug-likeness (QED) is 0.839. The monoisotopic (exact) mass is 309 g/mol. The lowest BCUT2D eigenvalue weighted by molar-refractivity contribution is -0.141. The number of rotatable bonds is 5. The zero-order valence-corrected chi connectivity index (χ0v) is 14.1. The topological polar surface area (TPSA) is 66.6 Å². The predicted octanol–water partition coefficient (Wildman–Crippen LogP) is 1.61. The van der Waals surface area contributed by atoms with E-state index in [1.807, 2.05) is 16.8 Å². The Balaban J connectivity index is 1.77. The van der Waals surface area contributed by atoms with Gasteiger partial charge in [0.25, 0.3) is 0 Å². The van der Waals surface area contributed by atoms with Gasteiger partial charge in [0.15, 0.2) is 0 Å². The van der Waals surface area contributed by atoms with Gasteiger partial charge < -0.3 is 15.5 Å². The molecule has 5 heteroatoms. The third kappa shape index (κ3) is 4.22. The first-order chi connectivity index (χ1) is 10.5. The van der Waals surface area contributed by atoms with Crippen LogP contribution in [0.25, 0.3) is 0 Å². The third-order valence-corrected chi connectivity index (χ3v) is 5.20. The van der Waals surface area contributed by atoms with E-state index >= 15 is 0 Å². The van der Waals surface area contributed by atoms with Gasteiger partial charge in [-0.15, -0.1) is 0 Å². The molecule has 126 valence electrons. The number of nitrogens with two attached hydrogens (primary N) is 1. The maximum Gasteiger partial charge on any atom is 0.225 e. The standard InChI is InChI=1S/C17H31N3O2/c1-3-4-9-19(2)16(21)13-7-10-20(11-8-13)17(22)14-5-6-15(18)12-14/h13-15H,3-12,18H2,1-2H3. The predicted molar refractivity (Wildman–Crippen MR) is 87.2 cm³/mol. The summed E-state index contributed by atoms with van der Waals surface area (Å²) in [6, 6.07) is 0.195. The number of nitrogens with zero attached hydrogens (tertiary/aromatic N) is 2. The van der Waals surface area contributed by atoms with Gasteiger partial charge >= 0.3 is 0 Å². The highest BCUT2D eigenvalue weighted by Crippen LogP contribution is 2.28. The van der Waals surface area contributed by atoms with E-state index in [-0.39, 0.29) is 29.7 Å². The van der Waals surface area contributed by atoms with Crippen molar-refractivity contribution in [3.05, 3.63) is 0 Å². The van der Waals surface area contributed by atoms with Gasteiger partial charge in [-0.05, 0) is 38.5 Å². The molecule has 1 aliphatic carbocycles. The second-order valence-electron chi connectivity index (χ2n) is 6.98. The fourth-order valence-corrected chi connectivity index (χ4v) is 3.66. The number of unbranched alkanes of at least 4 members (excludes halogenated alkanes) is 1. The van der Waals surface area contributed by atoms with E-state index in [2.05, 4.69) is 6.92 Å². The summed E-state index contributed by atoms with van der Waals surface area (Å²) in [4.78, 5) is 28.7. The average molecular weight is 309 g/mol. The summed E-state index contributed by atoms with van der Waals surface area (Å²) < 4.78 is 0. The summed E-state index contributed by atoms with van der Waals surface area (Å²) in [6.45, 7) is 4.43. The number of amides is 2. The summed E-state index contributed by atoms with van der Waals surface area (Å²) >= 11 is 0. The van der Waals surface area contributed by atoms with Gasteiger partial charge in [0, 0.05) is 44.6 Å². The van der Waals surface area contributed by atoms with Crippen LogP contribution in [0.3, 0.4) is 0 Å². The van der Waals surface area contributed by atoms with Crippen molar-refractivity contribution in [1.29, 1.82) is 0 Å². The Morgan fingerprint density at radius 3 is 2.36 bits per heavy atom. The Hall–Kier alpha value is -1.10. The van der Waals surface area contributed by atoms with Crippen molar-refractivity contribution in [1.82, 2.24) is 9.80 Å². The van der Waals surface area contributed by atoms with Gasteiger partial charge in [-0.1, -0.05) is 13.3 Å². The highest BCUT2D eigenvalue weighted by atomic mass is 16.2. The summed E-state index contributed by atoms with van der Waals surface area (Å²) in [6.07, 6.45) is 6.50. The smallest absolute Gasteiger partial charge is 0.225 e. The van der Waals surface area contributed by atoms with E-state index in [4.69, 9.17) is 5.73 Å². The van der Waals surface area contributed by atoms with E-state index in [9.17, 15) is 9.59 Å². The van der Waals surface area contributed by atoms with Gasteiger partial charge in [0.05, 0.1) is 0 Å². The Labute approximate surface area is 134 Å². The summed E-state index contributed by atoms with van der Waals surface area (Å²) in [5, 5.41) is 0. The SMILES string of the molecule is CCCCN(C)C(=O)C1CCN(C(=O)C2CCC(N)C2)CC1. The summed E-state index contributed by atoms with van der Waals surface area (Å²) in [5.74, 6) is 0.729. The molecule has 0 aromatic carbocycles. The Morgan fingerprint density at radius 2 is 1.82 bits per heavy atom. The van der Waals surface area contributed by atoms with Crippen molar-refractivity contribution in [3.63, 3.8) is 0 Å². The van der Waals surface area contributed by atoms with Crippen LogP contribution >= 0.6 is 0 Å². The number of carbonyl (C=O) groups is 2. The number of hydrogen-bond acceptors (Lipinski definition) is 3. The first-order valence-corrected chi connectivity index (χ1v) is 8.82. The summed E-state index contributed by atoms with van der Waals surface area (Å²) in [5.41, 5.74) is 5.91. The van der Waals surface area contributed by atoms with E-state index < -0.39 is 0 Å². The lowest BCUT2D eigenvalue weighted by atomic mass is 9.94. The number of likely N-dealkylation sites (tertiary alicyclic amines) is 1. The second-order valence-corrected chi connectivity index (χ2v) is 6.98. The molecule has 2 unspecified atom stereocenters. The largest absolute Gasteiger partial charge is 0.346 e. The normalized spacial score (nSPS) is 26.2. The van der Waals surface area contributed by atoms with Crippen LogP contribution in [0.1, 0.15) is 51.9 Å². The third-order valence-electron chi connectivity index (χ3n) is 5.20. The van der Waals surface area contributed by atoms with Gasteiger partial charge in [-0.25, -0.2) is 0 Å². The molecule has 2 fully saturated rings. The van der Waals surface area contributed by atoms with Crippen molar-refractivity contribution < 1.29 is 9.59 Å². The van der Waals surface area contributed by atoms with Gasteiger partial charge in [-0.3, -0.25) is 9.59 Å². The minimum atomic E-state index is 0.0942. The van der Waals surface area contributed by atoms with E-state index in [1.165, 1.54) is 0 Å². The molecule has 2 amide bonds. The molecule has 2 aliphatic rings. The van der Waals surface area contributed by atoms with E-state index in [0.29, 0.717) is 0 Å². The molecule has 0 aromatic rings. The van der Waals surface area contributed by atoms with Gasteiger partial charge in [0.2, 0.25) is 11.8 Å². The second kappa shape index (κ2) is 7.95. The van der Waals surface area contributed by atoms with Crippen LogP contribution in [-0.4, -0.2) is 54.3 Å². The van der Waals surface area contributed by atoms with Crippen LogP contribution in [0.15, 0.2) is 0 Å². The summed E-state index contributed by atoms with van der Waals surface area (Å²) in [7, 11) is 1.90. The molecule has 5 nitrogen and oxygen atoms in total. The molecule has 0 spiro atoms. The molecule has 1 aliphatic heterocycles. The molecule has 0 bridgehead atoms. The van der Waals surface area contributed by atoms with E-state index in [0.717, 1.165) is 64.6 Å². The zero-order chi connectivity index (χ0) is 16.1. The molecule has 0 radical (unpaired) electrons. The number of carbonyl (C=O) groups excluding carboxylic acids is 2. The minimum Gasteiger partial charge on any atom is -0.346 e. The molecule has 2 N–H and O–H groups in total. The van der Waals surface area contributed by atoms with E-state index in [1.54, 1.807) is 0 Å². The first kappa shape index (κ1) is 17.3. The van der Waals surface area contributed by atoms with Crippen LogP contribution in [0.2, 0.25) is 0 Å². The fourth-order valence-electron chi connectivity index (χ4n) is 3.66. The van der Waals surface area contributed by atoms with Crippen LogP contribution in [0, 0.1) is 11.8 Å². The number of hydrogen-bond donors (Lipinski definition) is 1. The lowest BCUT2D eigenvalue weighted by Crippen LogP contribution is -2.45. The fraction of sp³-hybridized carbons (Fsp3) is 0.882.